The Morgan fingerprint density at radius 2 is 2.15 bits per heavy atom. The highest BCUT2D eigenvalue weighted by Gasteiger charge is 2.31. The number of thioether (sulfide) groups is 1. The Morgan fingerprint density at radius 3 is 2.89 bits per heavy atom. The first-order valence-corrected chi connectivity index (χ1v) is 9.37. The zero-order valence-corrected chi connectivity index (χ0v) is 15.8. The van der Waals surface area contributed by atoms with E-state index in [1.165, 1.54) is 16.7 Å². The number of aromatic nitrogens is 1. The quantitative estimate of drug-likeness (QED) is 0.594. The summed E-state index contributed by atoms with van der Waals surface area (Å²) in [6.07, 6.45) is 3.96. The summed E-state index contributed by atoms with van der Waals surface area (Å²) in [6.45, 7) is 0.291. The standard InChI is InChI=1S/C19H15N3O3S2/c20-12-13-4-1-5-14(10-13)21-8-2-6-15(21)11-16-18(25)22(19(26)27-16)9-3-7-17(23)24/h1-2,4-6,8,10-11H,3,7,9H2,(H,23,24). The fraction of sp³-hybridized carbons (Fsp3) is 0.158. The molecule has 0 atom stereocenters. The Balaban J connectivity index is 1.83. The number of amides is 1. The van der Waals surface area contributed by atoms with Crippen molar-refractivity contribution in [1.29, 1.82) is 5.26 Å². The van der Waals surface area contributed by atoms with Crippen molar-refractivity contribution in [3.63, 3.8) is 0 Å². The smallest absolute Gasteiger partial charge is 0.303 e. The van der Waals surface area contributed by atoms with Crippen LogP contribution in [0.15, 0.2) is 47.5 Å². The van der Waals surface area contributed by atoms with E-state index in [-0.39, 0.29) is 12.3 Å². The van der Waals surface area contributed by atoms with Gasteiger partial charge in [0.1, 0.15) is 4.32 Å². The second-order valence-corrected chi connectivity index (χ2v) is 7.47. The molecule has 27 heavy (non-hydrogen) atoms. The van der Waals surface area contributed by atoms with Gasteiger partial charge in [-0.3, -0.25) is 14.5 Å². The van der Waals surface area contributed by atoms with Gasteiger partial charge in [-0.05, 0) is 42.8 Å². The van der Waals surface area contributed by atoms with E-state index >= 15 is 0 Å². The molecule has 0 radical (unpaired) electrons. The second kappa shape index (κ2) is 8.20. The topological polar surface area (TPSA) is 86.3 Å². The molecule has 0 bridgehead atoms. The highest BCUT2D eigenvalue weighted by molar-refractivity contribution is 8.26. The lowest BCUT2D eigenvalue weighted by molar-refractivity contribution is -0.137. The summed E-state index contributed by atoms with van der Waals surface area (Å²) < 4.78 is 2.32. The number of hydrogen-bond acceptors (Lipinski definition) is 5. The number of benzene rings is 1. The minimum Gasteiger partial charge on any atom is -0.481 e. The molecule has 1 aromatic carbocycles. The fourth-order valence-electron chi connectivity index (χ4n) is 2.69. The van der Waals surface area contributed by atoms with E-state index in [2.05, 4.69) is 6.07 Å². The lowest BCUT2D eigenvalue weighted by Crippen LogP contribution is -2.29. The first-order chi connectivity index (χ1) is 13.0. The molecule has 136 valence electrons. The highest BCUT2D eigenvalue weighted by atomic mass is 32.2. The Morgan fingerprint density at radius 1 is 1.33 bits per heavy atom. The zero-order chi connectivity index (χ0) is 19.4. The van der Waals surface area contributed by atoms with Gasteiger partial charge in [0.05, 0.1) is 16.5 Å². The maximum atomic E-state index is 12.6. The molecule has 2 heterocycles. The van der Waals surface area contributed by atoms with Crippen LogP contribution in [0.4, 0.5) is 0 Å². The van der Waals surface area contributed by atoms with Gasteiger partial charge in [-0.25, -0.2) is 0 Å². The first-order valence-electron chi connectivity index (χ1n) is 8.14. The minimum atomic E-state index is -0.895. The number of thiocarbonyl (C=S) groups is 1. The Bertz CT molecular complexity index is 988. The van der Waals surface area contributed by atoms with Crippen molar-refractivity contribution >= 4 is 46.3 Å². The van der Waals surface area contributed by atoms with Crippen LogP contribution in [0, 0.1) is 11.3 Å². The number of carbonyl (C=O) groups is 2. The van der Waals surface area contributed by atoms with E-state index in [1.807, 2.05) is 29.0 Å². The molecule has 0 saturated carbocycles. The van der Waals surface area contributed by atoms with E-state index in [4.69, 9.17) is 22.6 Å². The molecule has 1 aromatic heterocycles. The second-order valence-electron chi connectivity index (χ2n) is 5.80. The number of nitrogens with zero attached hydrogens (tertiary/aromatic N) is 3. The number of nitriles is 1. The van der Waals surface area contributed by atoms with Crippen LogP contribution in [0.5, 0.6) is 0 Å². The number of hydrogen-bond donors (Lipinski definition) is 1. The number of carbonyl (C=O) groups excluding carboxylic acids is 1. The molecule has 0 spiro atoms. The lowest BCUT2D eigenvalue weighted by Gasteiger charge is -2.13. The molecule has 3 rings (SSSR count). The van der Waals surface area contributed by atoms with E-state index in [9.17, 15) is 9.59 Å². The molecular formula is C19H15N3O3S2. The number of rotatable bonds is 6. The average molecular weight is 397 g/mol. The Hall–Kier alpha value is -2.89. The summed E-state index contributed by atoms with van der Waals surface area (Å²) in [5.74, 6) is -1.11. The van der Waals surface area contributed by atoms with Gasteiger partial charge in [-0.1, -0.05) is 30.0 Å². The number of aliphatic carboxylic acids is 1. The molecule has 1 N–H and O–H groups in total. The third kappa shape index (κ3) is 4.27. The van der Waals surface area contributed by atoms with Crippen LogP contribution < -0.4 is 0 Å². The molecule has 1 aliphatic rings. The van der Waals surface area contributed by atoms with Gasteiger partial charge in [0.15, 0.2) is 0 Å². The third-order valence-corrected chi connectivity index (χ3v) is 5.34. The van der Waals surface area contributed by atoms with Gasteiger partial charge in [-0.2, -0.15) is 5.26 Å². The van der Waals surface area contributed by atoms with Crippen molar-refractivity contribution in [2.75, 3.05) is 6.54 Å². The molecule has 1 amide bonds. The summed E-state index contributed by atoms with van der Waals surface area (Å²) in [6, 6.07) is 13.0. The molecule has 2 aromatic rings. The zero-order valence-electron chi connectivity index (χ0n) is 14.2. The number of carboxylic acids is 1. The summed E-state index contributed by atoms with van der Waals surface area (Å²) in [7, 11) is 0. The van der Waals surface area contributed by atoms with Gasteiger partial charge in [0.2, 0.25) is 0 Å². The van der Waals surface area contributed by atoms with Crippen LogP contribution in [-0.2, 0) is 9.59 Å². The summed E-state index contributed by atoms with van der Waals surface area (Å²) in [5, 5.41) is 17.8. The van der Waals surface area contributed by atoms with Crippen LogP contribution >= 0.6 is 24.0 Å². The van der Waals surface area contributed by atoms with Crippen molar-refractivity contribution in [3.8, 4) is 11.8 Å². The van der Waals surface area contributed by atoms with Gasteiger partial charge < -0.3 is 9.67 Å². The van der Waals surface area contributed by atoms with Crippen molar-refractivity contribution in [2.24, 2.45) is 0 Å². The number of carboxylic acid groups (broad SMARTS) is 1. The first kappa shape index (κ1) is 18.9. The summed E-state index contributed by atoms with van der Waals surface area (Å²) in [4.78, 5) is 25.2. The predicted molar refractivity (Wildman–Crippen MR) is 107 cm³/mol. The fourth-order valence-corrected chi connectivity index (χ4v) is 3.98. The van der Waals surface area contributed by atoms with Gasteiger partial charge in [0.25, 0.3) is 5.91 Å². The molecule has 8 heteroatoms. The van der Waals surface area contributed by atoms with Crippen LogP contribution in [0.3, 0.4) is 0 Å². The normalized spacial score (nSPS) is 15.4. The van der Waals surface area contributed by atoms with E-state index in [0.29, 0.717) is 27.8 Å². The van der Waals surface area contributed by atoms with Crippen LogP contribution in [-0.4, -0.2) is 37.3 Å². The molecule has 1 fully saturated rings. The average Bonchev–Trinajstić information content (AvgIpc) is 3.21. The summed E-state index contributed by atoms with van der Waals surface area (Å²) >= 11 is 6.47. The van der Waals surface area contributed by atoms with Gasteiger partial charge in [0, 0.05) is 30.5 Å². The molecular weight excluding hydrogens is 382 g/mol. The Kier molecular flexibility index (Phi) is 5.74. The van der Waals surface area contributed by atoms with E-state index < -0.39 is 5.97 Å². The van der Waals surface area contributed by atoms with Crippen molar-refractivity contribution in [2.45, 2.75) is 12.8 Å². The maximum absolute atomic E-state index is 12.6. The van der Waals surface area contributed by atoms with E-state index in [1.54, 1.807) is 24.3 Å². The maximum Gasteiger partial charge on any atom is 0.303 e. The third-order valence-electron chi connectivity index (χ3n) is 3.96. The largest absolute Gasteiger partial charge is 0.481 e. The van der Waals surface area contributed by atoms with Crippen molar-refractivity contribution in [3.05, 3.63) is 58.8 Å². The predicted octanol–water partition coefficient (Wildman–Crippen LogP) is 3.41. The van der Waals surface area contributed by atoms with Crippen LogP contribution in [0.25, 0.3) is 11.8 Å². The van der Waals surface area contributed by atoms with Crippen LogP contribution in [0.1, 0.15) is 24.1 Å². The monoisotopic (exact) mass is 397 g/mol. The van der Waals surface area contributed by atoms with Gasteiger partial charge >= 0.3 is 5.97 Å². The SMILES string of the molecule is N#Cc1cccc(-n2cccc2C=C2SC(=S)N(CCCC(=O)O)C2=O)c1. The van der Waals surface area contributed by atoms with Crippen molar-refractivity contribution < 1.29 is 14.7 Å². The molecule has 1 aliphatic heterocycles. The van der Waals surface area contributed by atoms with Crippen LogP contribution in [0.2, 0.25) is 0 Å². The van der Waals surface area contributed by atoms with Crippen molar-refractivity contribution in [1.82, 2.24) is 9.47 Å². The van der Waals surface area contributed by atoms with Gasteiger partial charge in [-0.15, -0.1) is 0 Å². The lowest BCUT2D eigenvalue weighted by atomic mass is 10.2. The molecule has 6 nitrogen and oxygen atoms in total. The highest BCUT2D eigenvalue weighted by Crippen LogP contribution is 2.33. The molecule has 0 unspecified atom stereocenters. The Labute approximate surface area is 165 Å². The molecule has 0 aliphatic carbocycles. The van der Waals surface area contributed by atoms with E-state index in [0.717, 1.165) is 11.4 Å². The molecule has 1 saturated heterocycles. The summed E-state index contributed by atoms with van der Waals surface area (Å²) in [5.41, 5.74) is 2.16. The minimum absolute atomic E-state index is 0.00576.